The van der Waals surface area contributed by atoms with Gasteiger partial charge in [0.1, 0.15) is 6.04 Å². The van der Waals surface area contributed by atoms with Crippen molar-refractivity contribution in [1.29, 1.82) is 0 Å². The number of methoxy groups -OCH3 is 1. The fourth-order valence-corrected chi connectivity index (χ4v) is 1.40. The van der Waals surface area contributed by atoms with Crippen LogP contribution in [0.5, 0.6) is 0 Å². The molecule has 0 saturated carbocycles. The molecular formula is C13H15NO2. The van der Waals surface area contributed by atoms with Gasteiger partial charge in [0.2, 0.25) is 0 Å². The summed E-state index contributed by atoms with van der Waals surface area (Å²) in [7, 11) is 1.33. The average Bonchev–Trinajstić information content (AvgIpc) is 2.31. The highest BCUT2D eigenvalue weighted by Gasteiger charge is 2.13. The van der Waals surface area contributed by atoms with E-state index >= 15 is 0 Å². The van der Waals surface area contributed by atoms with Gasteiger partial charge >= 0.3 is 5.97 Å². The van der Waals surface area contributed by atoms with Gasteiger partial charge in [0.15, 0.2) is 0 Å². The van der Waals surface area contributed by atoms with Gasteiger partial charge in [-0.15, -0.1) is 12.3 Å². The van der Waals surface area contributed by atoms with Gasteiger partial charge in [-0.2, -0.15) is 0 Å². The molecule has 0 aliphatic carbocycles. The first-order valence-corrected chi connectivity index (χ1v) is 5.02. The number of hydrogen-bond acceptors (Lipinski definition) is 3. The SMILES string of the molecule is C#CCc1ccc(CC(N)C(=O)OC)cc1. The van der Waals surface area contributed by atoms with Gasteiger partial charge in [-0.1, -0.05) is 24.3 Å². The van der Waals surface area contributed by atoms with E-state index in [0.29, 0.717) is 12.8 Å². The highest BCUT2D eigenvalue weighted by molar-refractivity contribution is 5.75. The monoisotopic (exact) mass is 217 g/mol. The standard InChI is InChI=1S/C13H15NO2/c1-3-4-10-5-7-11(8-6-10)9-12(14)13(15)16-2/h1,5-8,12H,4,9,14H2,2H3. The number of benzene rings is 1. The molecule has 1 aromatic rings. The Morgan fingerprint density at radius 3 is 2.50 bits per heavy atom. The van der Waals surface area contributed by atoms with Crippen LogP contribution in [-0.4, -0.2) is 19.1 Å². The molecule has 3 nitrogen and oxygen atoms in total. The van der Waals surface area contributed by atoms with E-state index in [1.165, 1.54) is 7.11 Å². The lowest BCUT2D eigenvalue weighted by Gasteiger charge is -2.09. The molecule has 0 amide bonds. The van der Waals surface area contributed by atoms with Gasteiger partial charge < -0.3 is 10.5 Å². The van der Waals surface area contributed by atoms with Gasteiger partial charge in [0.25, 0.3) is 0 Å². The van der Waals surface area contributed by atoms with E-state index in [9.17, 15) is 4.79 Å². The Hall–Kier alpha value is -1.79. The molecule has 0 bridgehead atoms. The second-order valence-corrected chi connectivity index (χ2v) is 3.53. The molecule has 0 aliphatic heterocycles. The lowest BCUT2D eigenvalue weighted by molar-refractivity contribution is -0.142. The second-order valence-electron chi connectivity index (χ2n) is 3.53. The Balaban J connectivity index is 2.62. The molecule has 16 heavy (non-hydrogen) atoms. The van der Waals surface area contributed by atoms with Crippen LogP contribution in [0.4, 0.5) is 0 Å². The molecule has 0 radical (unpaired) electrons. The van der Waals surface area contributed by atoms with E-state index in [0.717, 1.165) is 11.1 Å². The highest BCUT2D eigenvalue weighted by Crippen LogP contribution is 2.07. The molecular weight excluding hydrogens is 202 g/mol. The van der Waals surface area contributed by atoms with Crippen molar-refractivity contribution in [2.75, 3.05) is 7.11 Å². The molecule has 0 saturated heterocycles. The fourth-order valence-electron chi connectivity index (χ4n) is 1.40. The summed E-state index contributed by atoms with van der Waals surface area (Å²) in [4.78, 5) is 11.1. The molecule has 1 unspecified atom stereocenters. The molecule has 1 aromatic carbocycles. The summed E-state index contributed by atoms with van der Waals surface area (Å²) in [6, 6.07) is 7.13. The summed E-state index contributed by atoms with van der Waals surface area (Å²) in [6.45, 7) is 0. The van der Waals surface area contributed by atoms with Gasteiger partial charge in [-0.25, -0.2) is 0 Å². The summed E-state index contributed by atoms with van der Waals surface area (Å²) < 4.78 is 4.56. The van der Waals surface area contributed by atoms with E-state index in [-0.39, 0.29) is 0 Å². The number of nitrogens with two attached hydrogens (primary N) is 1. The third-order valence-electron chi connectivity index (χ3n) is 2.29. The minimum Gasteiger partial charge on any atom is -0.468 e. The van der Waals surface area contributed by atoms with Crippen LogP contribution in [0.25, 0.3) is 0 Å². The van der Waals surface area contributed by atoms with Crippen molar-refractivity contribution in [2.45, 2.75) is 18.9 Å². The van der Waals surface area contributed by atoms with E-state index in [2.05, 4.69) is 10.7 Å². The number of carbonyl (C=O) groups is 1. The van der Waals surface area contributed by atoms with E-state index < -0.39 is 12.0 Å². The van der Waals surface area contributed by atoms with Gasteiger partial charge in [-0.05, 0) is 17.5 Å². The van der Waals surface area contributed by atoms with Crippen molar-refractivity contribution in [3.05, 3.63) is 35.4 Å². The topological polar surface area (TPSA) is 52.3 Å². The molecule has 0 fully saturated rings. The predicted molar refractivity (Wildman–Crippen MR) is 62.7 cm³/mol. The summed E-state index contributed by atoms with van der Waals surface area (Å²) in [5.74, 6) is 2.18. The number of rotatable bonds is 4. The van der Waals surface area contributed by atoms with Gasteiger partial charge in [-0.3, -0.25) is 4.79 Å². The third-order valence-corrected chi connectivity index (χ3v) is 2.29. The number of terminal acetylenes is 1. The minimum absolute atomic E-state index is 0.396. The number of ether oxygens (including phenoxy) is 1. The molecule has 0 aliphatic rings. The number of esters is 1. The van der Waals surface area contributed by atoms with Gasteiger partial charge in [0, 0.05) is 6.42 Å². The smallest absolute Gasteiger partial charge is 0.322 e. The number of carbonyl (C=O) groups excluding carboxylic acids is 1. The lowest BCUT2D eigenvalue weighted by Crippen LogP contribution is -2.33. The summed E-state index contributed by atoms with van der Waals surface area (Å²) in [5.41, 5.74) is 7.73. The van der Waals surface area contributed by atoms with Gasteiger partial charge in [0.05, 0.1) is 7.11 Å². The van der Waals surface area contributed by atoms with Crippen molar-refractivity contribution >= 4 is 5.97 Å². The third kappa shape index (κ3) is 3.41. The quantitative estimate of drug-likeness (QED) is 0.602. The van der Waals surface area contributed by atoms with Crippen molar-refractivity contribution in [1.82, 2.24) is 0 Å². The first kappa shape index (κ1) is 12.3. The predicted octanol–water partition coefficient (Wildman–Crippen LogP) is 0.905. The Morgan fingerprint density at radius 2 is 2.00 bits per heavy atom. The van der Waals surface area contributed by atoms with E-state index in [1.807, 2.05) is 24.3 Å². The van der Waals surface area contributed by atoms with E-state index in [1.54, 1.807) is 0 Å². The summed E-state index contributed by atoms with van der Waals surface area (Å²) in [6.07, 6.45) is 6.30. The second kappa shape index (κ2) is 5.94. The van der Waals surface area contributed by atoms with Crippen molar-refractivity contribution < 1.29 is 9.53 Å². The number of hydrogen-bond donors (Lipinski definition) is 1. The Bertz CT molecular complexity index is 389. The lowest BCUT2D eigenvalue weighted by atomic mass is 10.0. The first-order chi connectivity index (χ1) is 7.67. The van der Waals surface area contributed by atoms with E-state index in [4.69, 9.17) is 12.2 Å². The Labute approximate surface area is 95.6 Å². The van der Waals surface area contributed by atoms with Crippen LogP contribution in [0.3, 0.4) is 0 Å². The van der Waals surface area contributed by atoms with Crippen LogP contribution in [0.1, 0.15) is 11.1 Å². The molecule has 0 heterocycles. The van der Waals surface area contributed by atoms with Crippen LogP contribution in [-0.2, 0) is 22.4 Å². The summed E-state index contributed by atoms with van der Waals surface area (Å²) in [5, 5.41) is 0. The maximum absolute atomic E-state index is 11.1. The van der Waals surface area contributed by atoms with Crippen LogP contribution >= 0.6 is 0 Å². The largest absolute Gasteiger partial charge is 0.468 e. The zero-order valence-corrected chi connectivity index (χ0v) is 9.27. The minimum atomic E-state index is -0.608. The molecule has 1 rings (SSSR count). The Morgan fingerprint density at radius 1 is 1.44 bits per heavy atom. The molecule has 1 atom stereocenters. The van der Waals surface area contributed by atoms with Crippen LogP contribution < -0.4 is 5.73 Å². The van der Waals surface area contributed by atoms with Crippen molar-refractivity contribution in [2.24, 2.45) is 5.73 Å². The fraction of sp³-hybridized carbons (Fsp3) is 0.308. The first-order valence-electron chi connectivity index (χ1n) is 5.02. The summed E-state index contributed by atoms with van der Waals surface area (Å²) >= 11 is 0. The molecule has 0 aromatic heterocycles. The molecule has 3 heteroatoms. The normalized spacial score (nSPS) is 11.6. The van der Waals surface area contributed by atoms with Crippen LogP contribution in [0, 0.1) is 12.3 Å². The Kier molecular flexibility index (Phi) is 4.56. The molecule has 84 valence electrons. The van der Waals surface area contributed by atoms with Crippen molar-refractivity contribution in [3.8, 4) is 12.3 Å². The zero-order valence-electron chi connectivity index (χ0n) is 9.27. The van der Waals surface area contributed by atoms with Crippen LogP contribution in [0.2, 0.25) is 0 Å². The average molecular weight is 217 g/mol. The van der Waals surface area contributed by atoms with Crippen LogP contribution in [0.15, 0.2) is 24.3 Å². The molecule has 0 spiro atoms. The highest BCUT2D eigenvalue weighted by atomic mass is 16.5. The van der Waals surface area contributed by atoms with Crippen molar-refractivity contribution in [3.63, 3.8) is 0 Å². The maximum Gasteiger partial charge on any atom is 0.322 e. The maximum atomic E-state index is 11.1. The zero-order chi connectivity index (χ0) is 12.0. The molecule has 2 N–H and O–H groups in total.